The average Bonchev–Trinajstić information content (AvgIpc) is 2.48. The van der Waals surface area contributed by atoms with Crippen LogP contribution in [0.1, 0.15) is 25.7 Å². The number of methoxy groups -OCH3 is 3. The van der Waals surface area contributed by atoms with Gasteiger partial charge < -0.3 is 19.5 Å². The molecule has 1 aromatic rings. The van der Waals surface area contributed by atoms with Gasteiger partial charge >= 0.3 is 0 Å². The third kappa shape index (κ3) is 3.32. The lowest BCUT2D eigenvalue weighted by molar-refractivity contribution is 0.0605. The number of benzene rings is 1. The first-order valence-corrected chi connectivity index (χ1v) is 6.80. The van der Waals surface area contributed by atoms with E-state index in [1.807, 2.05) is 18.2 Å². The summed E-state index contributed by atoms with van der Waals surface area (Å²) in [5, 5.41) is 3.55. The summed E-state index contributed by atoms with van der Waals surface area (Å²) in [7, 11) is 5.12. The summed E-state index contributed by atoms with van der Waals surface area (Å²) in [4.78, 5) is 0. The fourth-order valence-corrected chi connectivity index (χ4v) is 2.66. The first-order valence-electron chi connectivity index (χ1n) is 6.80. The molecule has 2 atom stereocenters. The lowest BCUT2D eigenvalue weighted by atomic mass is 9.92. The van der Waals surface area contributed by atoms with E-state index in [0.29, 0.717) is 6.04 Å². The van der Waals surface area contributed by atoms with Crippen LogP contribution in [-0.2, 0) is 4.74 Å². The minimum atomic E-state index is 0.278. The van der Waals surface area contributed by atoms with E-state index in [1.54, 1.807) is 21.3 Å². The SMILES string of the molecule is COc1ccc(NC2CCCCC2OC)c(OC)c1. The van der Waals surface area contributed by atoms with E-state index in [0.717, 1.165) is 30.0 Å². The molecule has 1 N–H and O–H groups in total. The normalized spacial score (nSPS) is 22.9. The van der Waals surface area contributed by atoms with Crippen LogP contribution in [0, 0.1) is 0 Å². The molecule has 0 saturated heterocycles. The molecule has 1 aliphatic carbocycles. The molecule has 1 saturated carbocycles. The number of hydrogen-bond donors (Lipinski definition) is 1. The van der Waals surface area contributed by atoms with Gasteiger partial charge in [-0.2, -0.15) is 0 Å². The first kappa shape index (κ1) is 14.0. The van der Waals surface area contributed by atoms with Gasteiger partial charge in [-0.3, -0.25) is 0 Å². The van der Waals surface area contributed by atoms with Gasteiger partial charge in [0.2, 0.25) is 0 Å². The van der Waals surface area contributed by atoms with Crippen LogP contribution in [0.3, 0.4) is 0 Å². The van der Waals surface area contributed by atoms with Crippen molar-refractivity contribution in [1.29, 1.82) is 0 Å². The maximum absolute atomic E-state index is 5.57. The molecule has 2 rings (SSSR count). The Hall–Kier alpha value is -1.42. The third-order valence-electron chi connectivity index (χ3n) is 3.75. The number of anilines is 1. The van der Waals surface area contributed by atoms with Crippen molar-refractivity contribution >= 4 is 5.69 Å². The number of ether oxygens (including phenoxy) is 3. The van der Waals surface area contributed by atoms with E-state index >= 15 is 0 Å². The second kappa shape index (κ2) is 6.66. The fourth-order valence-electron chi connectivity index (χ4n) is 2.66. The Labute approximate surface area is 115 Å². The van der Waals surface area contributed by atoms with Gasteiger partial charge in [0.15, 0.2) is 0 Å². The zero-order chi connectivity index (χ0) is 13.7. The van der Waals surface area contributed by atoms with Gasteiger partial charge in [0.05, 0.1) is 32.1 Å². The van der Waals surface area contributed by atoms with Crippen molar-refractivity contribution in [2.24, 2.45) is 0 Å². The molecule has 0 bridgehead atoms. The van der Waals surface area contributed by atoms with Crippen LogP contribution in [0.5, 0.6) is 11.5 Å². The van der Waals surface area contributed by atoms with E-state index in [9.17, 15) is 0 Å². The smallest absolute Gasteiger partial charge is 0.145 e. The van der Waals surface area contributed by atoms with Crippen molar-refractivity contribution in [3.05, 3.63) is 18.2 Å². The monoisotopic (exact) mass is 265 g/mol. The van der Waals surface area contributed by atoms with E-state index in [2.05, 4.69) is 5.32 Å². The molecule has 1 aromatic carbocycles. The molecule has 4 nitrogen and oxygen atoms in total. The second-order valence-electron chi connectivity index (χ2n) is 4.88. The minimum Gasteiger partial charge on any atom is -0.497 e. The molecule has 19 heavy (non-hydrogen) atoms. The molecule has 0 heterocycles. The summed E-state index contributed by atoms with van der Waals surface area (Å²) in [6.07, 6.45) is 5.02. The van der Waals surface area contributed by atoms with Crippen molar-refractivity contribution in [1.82, 2.24) is 0 Å². The molecule has 0 spiro atoms. The Morgan fingerprint density at radius 2 is 1.84 bits per heavy atom. The van der Waals surface area contributed by atoms with Crippen LogP contribution >= 0.6 is 0 Å². The van der Waals surface area contributed by atoms with Gasteiger partial charge in [-0.15, -0.1) is 0 Å². The van der Waals surface area contributed by atoms with Gasteiger partial charge in [-0.05, 0) is 25.0 Å². The summed E-state index contributed by atoms with van der Waals surface area (Å²) in [6, 6.07) is 6.18. The Bertz CT molecular complexity index is 408. The van der Waals surface area contributed by atoms with E-state index in [-0.39, 0.29) is 6.10 Å². The van der Waals surface area contributed by atoms with Gasteiger partial charge in [0.25, 0.3) is 0 Å². The zero-order valence-corrected chi connectivity index (χ0v) is 11.9. The summed E-state index contributed by atoms with van der Waals surface area (Å²) in [5.41, 5.74) is 0.997. The maximum Gasteiger partial charge on any atom is 0.145 e. The van der Waals surface area contributed by atoms with E-state index in [1.165, 1.54) is 12.8 Å². The van der Waals surface area contributed by atoms with Crippen molar-refractivity contribution < 1.29 is 14.2 Å². The Kier molecular flexibility index (Phi) is 4.91. The molecule has 0 aliphatic heterocycles. The van der Waals surface area contributed by atoms with Crippen molar-refractivity contribution in [2.75, 3.05) is 26.6 Å². The first-order chi connectivity index (χ1) is 9.28. The fraction of sp³-hybridized carbons (Fsp3) is 0.600. The van der Waals surface area contributed by atoms with Gasteiger partial charge in [0, 0.05) is 13.2 Å². The topological polar surface area (TPSA) is 39.7 Å². The number of nitrogens with one attached hydrogen (secondary N) is 1. The van der Waals surface area contributed by atoms with Crippen LogP contribution in [0.2, 0.25) is 0 Å². The minimum absolute atomic E-state index is 0.278. The van der Waals surface area contributed by atoms with Gasteiger partial charge in [-0.25, -0.2) is 0 Å². The Morgan fingerprint density at radius 1 is 1.05 bits per heavy atom. The molecule has 0 radical (unpaired) electrons. The highest BCUT2D eigenvalue weighted by Crippen LogP contribution is 2.32. The standard InChI is InChI=1S/C15H23NO3/c1-17-11-8-9-13(15(10-11)19-3)16-12-6-4-5-7-14(12)18-2/h8-10,12,14,16H,4-7H2,1-3H3. The molecule has 1 aliphatic rings. The summed E-state index contributed by atoms with van der Waals surface area (Å²) >= 11 is 0. The Morgan fingerprint density at radius 3 is 2.53 bits per heavy atom. The highest BCUT2D eigenvalue weighted by Gasteiger charge is 2.25. The van der Waals surface area contributed by atoms with Crippen molar-refractivity contribution in [3.8, 4) is 11.5 Å². The van der Waals surface area contributed by atoms with E-state index in [4.69, 9.17) is 14.2 Å². The lowest BCUT2D eigenvalue weighted by Crippen LogP contribution is -2.37. The zero-order valence-electron chi connectivity index (χ0n) is 11.9. The van der Waals surface area contributed by atoms with Gasteiger partial charge in [-0.1, -0.05) is 12.8 Å². The highest BCUT2D eigenvalue weighted by atomic mass is 16.5. The average molecular weight is 265 g/mol. The van der Waals surface area contributed by atoms with Gasteiger partial charge in [0.1, 0.15) is 11.5 Å². The summed E-state index contributed by atoms with van der Waals surface area (Å²) < 4.78 is 16.2. The predicted octanol–water partition coefficient (Wildman–Crippen LogP) is 3.07. The summed E-state index contributed by atoms with van der Waals surface area (Å²) in [6.45, 7) is 0. The molecule has 106 valence electrons. The maximum atomic E-state index is 5.57. The van der Waals surface area contributed by atoms with Crippen LogP contribution in [0.25, 0.3) is 0 Å². The molecule has 4 heteroatoms. The molecule has 2 unspecified atom stereocenters. The molecular weight excluding hydrogens is 242 g/mol. The van der Waals surface area contributed by atoms with E-state index < -0.39 is 0 Å². The van der Waals surface area contributed by atoms with Crippen molar-refractivity contribution in [2.45, 2.75) is 37.8 Å². The second-order valence-corrected chi connectivity index (χ2v) is 4.88. The molecule has 0 aromatic heterocycles. The van der Waals surface area contributed by atoms with Crippen LogP contribution < -0.4 is 14.8 Å². The lowest BCUT2D eigenvalue weighted by Gasteiger charge is -2.32. The predicted molar refractivity (Wildman–Crippen MR) is 76.2 cm³/mol. The van der Waals surface area contributed by atoms with Crippen molar-refractivity contribution in [3.63, 3.8) is 0 Å². The third-order valence-corrected chi connectivity index (χ3v) is 3.75. The molecule has 0 amide bonds. The molecular formula is C15H23NO3. The quantitative estimate of drug-likeness (QED) is 0.888. The number of rotatable bonds is 5. The highest BCUT2D eigenvalue weighted by molar-refractivity contribution is 5.59. The van der Waals surface area contributed by atoms with Crippen LogP contribution in [0.4, 0.5) is 5.69 Å². The largest absolute Gasteiger partial charge is 0.497 e. The summed E-state index contributed by atoms with van der Waals surface area (Å²) in [5.74, 6) is 1.61. The number of hydrogen-bond acceptors (Lipinski definition) is 4. The van der Waals surface area contributed by atoms with Crippen LogP contribution in [0.15, 0.2) is 18.2 Å². The van der Waals surface area contributed by atoms with Crippen LogP contribution in [-0.4, -0.2) is 33.5 Å². The molecule has 1 fully saturated rings. The Balaban J connectivity index is 2.12.